The summed E-state index contributed by atoms with van der Waals surface area (Å²) >= 11 is 0. The first kappa shape index (κ1) is 23.4. The fourth-order valence-corrected chi connectivity index (χ4v) is 4.02. The Kier molecular flexibility index (Phi) is 8.24. The SMILES string of the molecule is O=C(COCc1ccccc1)Nc1ccc(N2CCCCC2)c(C(=O)NCc2cccnc2)c1. The van der Waals surface area contributed by atoms with Crippen LogP contribution in [0, 0.1) is 0 Å². The molecule has 1 saturated heterocycles. The zero-order valence-corrected chi connectivity index (χ0v) is 19.2. The van der Waals surface area contributed by atoms with Crippen molar-refractivity contribution in [3.63, 3.8) is 0 Å². The summed E-state index contributed by atoms with van der Waals surface area (Å²) in [5.41, 5.74) is 3.94. The first-order chi connectivity index (χ1) is 16.7. The predicted octanol–water partition coefficient (Wildman–Crippen LogP) is 4.16. The summed E-state index contributed by atoms with van der Waals surface area (Å²) in [6.45, 7) is 2.52. The summed E-state index contributed by atoms with van der Waals surface area (Å²) in [4.78, 5) is 31.9. The van der Waals surface area contributed by atoms with Crippen LogP contribution in [0.3, 0.4) is 0 Å². The quantitative estimate of drug-likeness (QED) is 0.503. The highest BCUT2D eigenvalue weighted by molar-refractivity contribution is 6.02. The summed E-state index contributed by atoms with van der Waals surface area (Å²) in [6, 6.07) is 19.0. The first-order valence-electron chi connectivity index (χ1n) is 11.7. The van der Waals surface area contributed by atoms with Crippen molar-refractivity contribution in [3.05, 3.63) is 89.7 Å². The molecule has 2 amide bonds. The maximum absolute atomic E-state index is 13.2. The smallest absolute Gasteiger partial charge is 0.253 e. The lowest BCUT2D eigenvalue weighted by Crippen LogP contribution is -2.32. The van der Waals surface area contributed by atoms with Gasteiger partial charge in [-0.3, -0.25) is 14.6 Å². The van der Waals surface area contributed by atoms with Gasteiger partial charge in [0.1, 0.15) is 6.61 Å². The number of carbonyl (C=O) groups excluding carboxylic acids is 2. The van der Waals surface area contributed by atoms with Gasteiger partial charge in [0.05, 0.1) is 12.2 Å². The largest absolute Gasteiger partial charge is 0.371 e. The number of rotatable bonds is 9. The van der Waals surface area contributed by atoms with Crippen LogP contribution in [0.4, 0.5) is 11.4 Å². The molecule has 0 saturated carbocycles. The summed E-state index contributed by atoms with van der Waals surface area (Å²) in [5, 5.41) is 5.84. The summed E-state index contributed by atoms with van der Waals surface area (Å²) in [7, 11) is 0. The number of hydrogen-bond acceptors (Lipinski definition) is 5. The molecular formula is C27H30N4O3. The highest BCUT2D eigenvalue weighted by Crippen LogP contribution is 2.27. The molecule has 2 heterocycles. The van der Waals surface area contributed by atoms with Crippen molar-refractivity contribution in [1.29, 1.82) is 0 Å². The lowest BCUT2D eigenvalue weighted by molar-refractivity contribution is -0.121. The number of ether oxygens (including phenoxy) is 1. The molecule has 0 radical (unpaired) electrons. The van der Waals surface area contributed by atoms with Gasteiger partial charge in [0.25, 0.3) is 5.91 Å². The lowest BCUT2D eigenvalue weighted by Gasteiger charge is -2.30. The van der Waals surface area contributed by atoms with Crippen LogP contribution in [-0.4, -0.2) is 36.5 Å². The normalized spacial score (nSPS) is 13.4. The van der Waals surface area contributed by atoms with Gasteiger partial charge in [-0.2, -0.15) is 0 Å². The second kappa shape index (κ2) is 12.0. The molecule has 2 N–H and O–H groups in total. The highest BCUT2D eigenvalue weighted by atomic mass is 16.5. The van der Waals surface area contributed by atoms with E-state index < -0.39 is 0 Å². The van der Waals surface area contributed by atoms with E-state index in [1.54, 1.807) is 18.5 Å². The molecule has 7 heteroatoms. The minimum Gasteiger partial charge on any atom is -0.371 e. The molecule has 2 aromatic carbocycles. The number of aromatic nitrogens is 1. The number of amides is 2. The predicted molar refractivity (Wildman–Crippen MR) is 133 cm³/mol. The van der Waals surface area contributed by atoms with Gasteiger partial charge in [-0.25, -0.2) is 0 Å². The van der Waals surface area contributed by atoms with E-state index >= 15 is 0 Å². The van der Waals surface area contributed by atoms with Crippen LogP contribution in [-0.2, 0) is 22.7 Å². The zero-order valence-electron chi connectivity index (χ0n) is 19.2. The summed E-state index contributed by atoms with van der Waals surface area (Å²) < 4.78 is 5.53. The van der Waals surface area contributed by atoms with Crippen molar-refractivity contribution in [2.75, 3.05) is 29.9 Å². The van der Waals surface area contributed by atoms with Crippen molar-refractivity contribution >= 4 is 23.2 Å². The van der Waals surface area contributed by atoms with Crippen molar-refractivity contribution in [3.8, 4) is 0 Å². The Morgan fingerprint density at radius 1 is 0.941 bits per heavy atom. The summed E-state index contributed by atoms with van der Waals surface area (Å²) in [6.07, 6.45) is 6.85. The van der Waals surface area contributed by atoms with Crippen LogP contribution in [0.15, 0.2) is 73.1 Å². The van der Waals surface area contributed by atoms with E-state index in [1.807, 2.05) is 54.6 Å². The Morgan fingerprint density at radius 2 is 1.74 bits per heavy atom. The number of carbonyl (C=O) groups is 2. The fraction of sp³-hybridized carbons (Fsp3) is 0.296. The zero-order chi connectivity index (χ0) is 23.6. The Morgan fingerprint density at radius 3 is 2.50 bits per heavy atom. The number of anilines is 2. The van der Waals surface area contributed by atoms with Crippen molar-refractivity contribution in [1.82, 2.24) is 10.3 Å². The Bertz CT molecular complexity index is 1080. The third kappa shape index (κ3) is 6.65. The van der Waals surface area contributed by atoms with Crippen molar-refractivity contribution in [2.45, 2.75) is 32.4 Å². The average molecular weight is 459 g/mol. The lowest BCUT2D eigenvalue weighted by atomic mass is 10.1. The molecule has 176 valence electrons. The molecule has 1 aliphatic heterocycles. The Hall–Kier alpha value is -3.71. The molecule has 0 spiro atoms. The number of piperidine rings is 1. The third-order valence-corrected chi connectivity index (χ3v) is 5.74. The second-order valence-corrected chi connectivity index (χ2v) is 8.35. The van der Waals surface area contributed by atoms with Crippen LogP contribution in [0.5, 0.6) is 0 Å². The van der Waals surface area contributed by atoms with E-state index in [9.17, 15) is 9.59 Å². The molecule has 0 unspecified atom stereocenters. The number of nitrogens with one attached hydrogen (secondary N) is 2. The van der Waals surface area contributed by atoms with Crippen LogP contribution in [0.1, 0.15) is 40.7 Å². The van der Waals surface area contributed by atoms with Crippen molar-refractivity contribution in [2.24, 2.45) is 0 Å². The van der Waals surface area contributed by atoms with E-state index in [2.05, 4.69) is 20.5 Å². The number of benzene rings is 2. The van der Waals surface area contributed by atoms with Gasteiger partial charge in [0.2, 0.25) is 5.91 Å². The number of hydrogen-bond donors (Lipinski definition) is 2. The minimum absolute atomic E-state index is 0.0642. The third-order valence-electron chi connectivity index (χ3n) is 5.74. The molecule has 4 rings (SSSR count). The van der Waals surface area contributed by atoms with Gasteiger partial charge < -0.3 is 20.3 Å². The molecule has 1 fully saturated rings. The molecule has 1 aromatic heterocycles. The standard InChI is InChI=1S/C27H30N4O3/c32-26(20-34-19-21-8-3-1-4-9-21)30-23-11-12-25(31-14-5-2-6-15-31)24(16-23)27(33)29-18-22-10-7-13-28-17-22/h1,3-4,7-13,16-17H,2,5-6,14-15,18-20H2,(H,29,33)(H,30,32). The molecule has 34 heavy (non-hydrogen) atoms. The van der Waals surface area contributed by atoms with Crippen molar-refractivity contribution < 1.29 is 14.3 Å². The van der Waals surface area contributed by atoms with Crippen LogP contribution < -0.4 is 15.5 Å². The molecular weight excluding hydrogens is 428 g/mol. The number of nitrogens with zero attached hydrogens (tertiary/aromatic N) is 2. The van der Waals surface area contributed by atoms with E-state index in [1.165, 1.54) is 6.42 Å². The first-order valence-corrected chi connectivity index (χ1v) is 11.7. The summed E-state index contributed by atoms with van der Waals surface area (Å²) in [5.74, 6) is -0.441. The molecule has 0 bridgehead atoms. The van der Waals surface area contributed by atoms with Gasteiger partial charge in [-0.1, -0.05) is 36.4 Å². The second-order valence-electron chi connectivity index (χ2n) is 8.35. The van der Waals surface area contributed by atoms with Crippen LogP contribution >= 0.6 is 0 Å². The van der Waals surface area contributed by atoms with E-state index in [0.717, 1.165) is 42.7 Å². The van der Waals surface area contributed by atoms with Gasteiger partial charge in [-0.05, 0) is 54.7 Å². The van der Waals surface area contributed by atoms with Crippen LogP contribution in [0.25, 0.3) is 0 Å². The Labute approximate surface area is 200 Å². The maximum Gasteiger partial charge on any atom is 0.253 e. The van der Waals surface area contributed by atoms with E-state index in [0.29, 0.717) is 24.4 Å². The van der Waals surface area contributed by atoms with E-state index in [-0.39, 0.29) is 18.4 Å². The van der Waals surface area contributed by atoms with Gasteiger partial charge >= 0.3 is 0 Å². The number of pyridine rings is 1. The van der Waals surface area contributed by atoms with Gasteiger partial charge in [0.15, 0.2) is 0 Å². The Balaban J connectivity index is 1.42. The monoisotopic (exact) mass is 458 g/mol. The van der Waals surface area contributed by atoms with Gasteiger partial charge in [-0.15, -0.1) is 0 Å². The van der Waals surface area contributed by atoms with Gasteiger partial charge in [0, 0.05) is 43.4 Å². The molecule has 0 atom stereocenters. The van der Waals surface area contributed by atoms with Crippen LogP contribution in [0.2, 0.25) is 0 Å². The maximum atomic E-state index is 13.2. The average Bonchev–Trinajstić information content (AvgIpc) is 2.89. The highest BCUT2D eigenvalue weighted by Gasteiger charge is 2.20. The minimum atomic E-state index is -0.261. The molecule has 7 nitrogen and oxygen atoms in total. The molecule has 1 aliphatic rings. The molecule has 3 aromatic rings. The molecule has 0 aliphatic carbocycles. The van der Waals surface area contributed by atoms with E-state index in [4.69, 9.17) is 4.74 Å². The fourth-order valence-electron chi connectivity index (χ4n) is 4.02. The topological polar surface area (TPSA) is 83.6 Å².